The van der Waals surface area contributed by atoms with Crippen molar-refractivity contribution < 1.29 is 23.8 Å². The minimum atomic E-state index is -0.655. The van der Waals surface area contributed by atoms with Crippen molar-refractivity contribution in [1.29, 1.82) is 0 Å². The zero-order valence-electron chi connectivity index (χ0n) is 24.1. The first-order valence-corrected chi connectivity index (χ1v) is 13.6. The van der Waals surface area contributed by atoms with Crippen molar-refractivity contribution in [3.63, 3.8) is 0 Å². The number of hydrogen-bond acceptors (Lipinski definition) is 7. The lowest BCUT2D eigenvalue weighted by atomic mass is 9.95. The first-order chi connectivity index (χ1) is 19.8. The fourth-order valence-electron chi connectivity index (χ4n) is 5.25. The molecule has 0 radical (unpaired) electrons. The van der Waals surface area contributed by atoms with Crippen LogP contribution in [0.1, 0.15) is 43.0 Å². The molecule has 3 aromatic carbocycles. The predicted molar refractivity (Wildman–Crippen MR) is 159 cm³/mol. The minimum Gasteiger partial charge on any atom is -0.493 e. The molecule has 0 aromatic heterocycles. The van der Waals surface area contributed by atoms with Crippen LogP contribution in [0.2, 0.25) is 0 Å². The van der Waals surface area contributed by atoms with Gasteiger partial charge in [0.2, 0.25) is 23.0 Å². The SMILES string of the molecule is COc1cc2c(c(OC)c1OC)-c1ccc(NC(C)C(=O)NCCc3ccccc3)c(=O)cc1C(NC(C)=O)CC2. The Morgan fingerprint density at radius 1 is 0.976 bits per heavy atom. The number of hydrogen-bond donors (Lipinski definition) is 3. The lowest BCUT2D eigenvalue weighted by Crippen LogP contribution is -2.39. The van der Waals surface area contributed by atoms with Crippen molar-refractivity contribution in [3.8, 4) is 28.4 Å². The van der Waals surface area contributed by atoms with E-state index < -0.39 is 12.1 Å². The fraction of sp³-hybridized carbons (Fsp3) is 0.344. The van der Waals surface area contributed by atoms with E-state index in [-0.39, 0.29) is 22.9 Å². The Kier molecular flexibility index (Phi) is 9.49. The number of carbonyl (C=O) groups is 2. The maximum atomic E-state index is 13.5. The molecule has 1 aliphatic carbocycles. The molecular formula is C32H37N3O6. The maximum absolute atomic E-state index is 13.5. The van der Waals surface area contributed by atoms with Crippen molar-refractivity contribution in [2.75, 3.05) is 33.2 Å². The van der Waals surface area contributed by atoms with E-state index in [9.17, 15) is 14.4 Å². The molecule has 2 amide bonds. The van der Waals surface area contributed by atoms with E-state index in [0.717, 1.165) is 22.3 Å². The first-order valence-electron chi connectivity index (χ1n) is 13.6. The average Bonchev–Trinajstić information content (AvgIpc) is 3.21. The number of ether oxygens (including phenoxy) is 3. The summed E-state index contributed by atoms with van der Waals surface area (Å²) < 4.78 is 17.0. The summed E-state index contributed by atoms with van der Waals surface area (Å²) in [4.78, 5) is 38.5. The third-order valence-corrected chi connectivity index (χ3v) is 7.24. The van der Waals surface area contributed by atoms with Crippen LogP contribution in [0.4, 0.5) is 5.69 Å². The Morgan fingerprint density at radius 2 is 1.71 bits per heavy atom. The second-order valence-electron chi connectivity index (χ2n) is 9.99. The standard InChI is InChI=1S/C32H37N3O6/c1-19(32(38)33-16-15-21-9-7-6-8-10-21)34-26-14-12-23-24(18-27(26)37)25(35-20(2)36)13-11-22-17-28(39-3)30(40-4)31(41-5)29(22)23/h6-10,12,14,17-19,25H,11,13,15-16H2,1-5H3,(H,33,38)(H,34,37)(H,35,36). The predicted octanol–water partition coefficient (Wildman–Crippen LogP) is 4.02. The molecule has 216 valence electrons. The van der Waals surface area contributed by atoms with E-state index in [4.69, 9.17) is 14.2 Å². The van der Waals surface area contributed by atoms with Gasteiger partial charge in [-0.2, -0.15) is 0 Å². The van der Waals surface area contributed by atoms with Crippen LogP contribution in [0.25, 0.3) is 11.1 Å². The summed E-state index contributed by atoms with van der Waals surface area (Å²) in [6.07, 6.45) is 1.87. The number of anilines is 1. The van der Waals surface area contributed by atoms with Gasteiger partial charge in [0.1, 0.15) is 6.04 Å². The highest BCUT2D eigenvalue weighted by atomic mass is 16.5. The van der Waals surface area contributed by atoms with Gasteiger partial charge in [0.15, 0.2) is 11.5 Å². The summed E-state index contributed by atoms with van der Waals surface area (Å²) in [6.45, 7) is 3.65. The zero-order valence-corrected chi connectivity index (χ0v) is 24.1. The number of fused-ring (bicyclic) bond motifs is 3. The van der Waals surface area contributed by atoms with Gasteiger partial charge in [-0.3, -0.25) is 14.4 Å². The molecule has 3 aromatic rings. The highest BCUT2D eigenvalue weighted by molar-refractivity contribution is 5.85. The molecule has 2 atom stereocenters. The van der Waals surface area contributed by atoms with Crippen LogP contribution in [-0.2, 0) is 22.4 Å². The largest absolute Gasteiger partial charge is 0.493 e. The fourth-order valence-corrected chi connectivity index (χ4v) is 5.25. The molecule has 4 rings (SSSR count). The highest BCUT2D eigenvalue weighted by Gasteiger charge is 2.29. The number of benzene rings is 2. The number of carbonyl (C=O) groups excluding carboxylic acids is 2. The number of methoxy groups -OCH3 is 3. The van der Waals surface area contributed by atoms with E-state index in [2.05, 4.69) is 16.0 Å². The molecule has 0 heterocycles. The van der Waals surface area contributed by atoms with Crippen LogP contribution in [0, 0.1) is 0 Å². The number of aryl methyl sites for hydroxylation is 1. The van der Waals surface area contributed by atoms with Gasteiger partial charge in [0.25, 0.3) is 0 Å². The Bertz CT molecular complexity index is 1470. The summed E-state index contributed by atoms with van der Waals surface area (Å²) in [5, 5.41) is 9.01. The van der Waals surface area contributed by atoms with Gasteiger partial charge < -0.3 is 30.2 Å². The van der Waals surface area contributed by atoms with E-state index in [1.54, 1.807) is 34.3 Å². The van der Waals surface area contributed by atoms with Gasteiger partial charge in [0, 0.05) is 19.0 Å². The molecule has 0 fully saturated rings. The first kappa shape index (κ1) is 29.5. The third-order valence-electron chi connectivity index (χ3n) is 7.24. The summed E-state index contributed by atoms with van der Waals surface area (Å²) in [5.74, 6) is 1.03. The molecule has 0 spiro atoms. The van der Waals surface area contributed by atoms with Crippen LogP contribution in [-0.4, -0.2) is 45.7 Å². The van der Waals surface area contributed by atoms with Crippen molar-refractivity contribution in [1.82, 2.24) is 10.6 Å². The normalized spacial score (nSPS) is 14.4. The molecule has 3 N–H and O–H groups in total. The lowest BCUT2D eigenvalue weighted by Gasteiger charge is -2.19. The second kappa shape index (κ2) is 13.2. The molecule has 9 nitrogen and oxygen atoms in total. The van der Waals surface area contributed by atoms with Gasteiger partial charge >= 0.3 is 0 Å². The minimum absolute atomic E-state index is 0.202. The summed E-state index contributed by atoms with van der Waals surface area (Å²) in [6, 6.07) is 15.8. The topological polar surface area (TPSA) is 115 Å². The second-order valence-corrected chi connectivity index (χ2v) is 9.99. The third kappa shape index (κ3) is 6.62. The Hall–Kier alpha value is -4.53. The number of rotatable bonds is 10. The molecule has 0 bridgehead atoms. The quantitative estimate of drug-likeness (QED) is 0.344. The molecule has 41 heavy (non-hydrogen) atoms. The van der Waals surface area contributed by atoms with Crippen LogP contribution in [0.5, 0.6) is 17.2 Å². The van der Waals surface area contributed by atoms with E-state index in [1.807, 2.05) is 42.5 Å². The van der Waals surface area contributed by atoms with Crippen LogP contribution < -0.4 is 35.6 Å². The van der Waals surface area contributed by atoms with Gasteiger partial charge in [-0.15, -0.1) is 0 Å². The van der Waals surface area contributed by atoms with Gasteiger partial charge in [-0.05, 0) is 66.6 Å². The molecule has 0 aliphatic heterocycles. The number of amides is 2. The molecular weight excluding hydrogens is 522 g/mol. The smallest absolute Gasteiger partial charge is 0.242 e. The Morgan fingerprint density at radius 3 is 2.37 bits per heavy atom. The molecule has 0 saturated carbocycles. The van der Waals surface area contributed by atoms with E-state index in [0.29, 0.717) is 48.6 Å². The number of nitrogens with one attached hydrogen (secondary N) is 3. The van der Waals surface area contributed by atoms with Crippen molar-refractivity contribution in [2.24, 2.45) is 0 Å². The van der Waals surface area contributed by atoms with Gasteiger partial charge in [0.05, 0.1) is 33.1 Å². The van der Waals surface area contributed by atoms with Crippen molar-refractivity contribution >= 4 is 17.5 Å². The van der Waals surface area contributed by atoms with Crippen molar-refractivity contribution in [2.45, 2.75) is 45.2 Å². The van der Waals surface area contributed by atoms with Crippen LogP contribution >= 0.6 is 0 Å². The molecule has 1 aliphatic rings. The monoisotopic (exact) mass is 559 g/mol. The van der Waals surface area contributed by atoms with E-state index >= 15 is 0 Å². The van der Waals surface area contributed by atoms with Crippen molar-refractivity contribution in [3.05, 3.63) is 81.5 Å². The highest BCUT2D eigenvalue weighted by Crippen LogP contribution is 2.50. The Balaban J connectivity index is 1.70. The van der Waals surface area contributed by atoms with Crippen LogP contribution in [0.15, 0.2) is 59.4 Å². The maximum Gasteiger partial charge on any atom is 0.242 e. The Labute approximate surface area is 240 Å². The average molecular weight is 560 g/mol. The summed E-state index contributed by atoms with van der Waals surface area (Å²) >= 11 is 0. The van der Waals surface area contributed by atoms with Gasteiger partial charge in [-0.25, -0.2) is 0 Å². The molecule has 9 heteroatoms. The molecule has 0 saturated heterocycles. The summed E-state index contributed by atoms with van der Waals surface area (Å²) in [7, 11) is 4.66. The summed E-state index contributed by atoms with van der Waals surface area (Å²) in [5.41, 5.74) is 4.18. The zero-order chi connectivity index (χ0) is 29.5. The van der Waals surface area contributed by atoms with Gasteiger partial charge in [-0.1, -0.05) is 36.4 Å². The molecule has 2 unspecified atom stereocenters. The van der Waals surface area contributed by atoms with Crippen LogP contribution in [0.3, 0.4) is 0 Å². The lowest BCUT2D eigenvalue weighted by molar-refractivity contribution is -0.121. The van der Waals surface area contributed by atoms with E-state index in [1.165, 1.54) is 13.0 Å².